The number of hydrogen-bond donors (Lipinski definition) is 3. The number of amides is 1. The zero-order chi connectivity index (χ0) is 27.2. The van der Waals surface area contributed by atoms with Crippen LogP contribution in [0.15, 0.2) is 36.5 Å². The average molecular weight is 534 g/mol. The van der Waals surface area contributed by atoms with Gasteiger partial charge in [-0.1, -0.05) is 6.07 Å². The number of anilines is 2. The van der Waals surface area contributed by atoms with E-state index in [9.17, 15) is 23.1 Å². The molecule has 1 amide bonds. The van der Waals surface area contributed by atoms with Crippen molar-refractivity contribution in [3.05, 3.63) is 53.2 Å². The molecule has 3 unspecified atom stereocenters. The molecule has 1 aromatic heterocycles. The fraction of sp³-hybridized carbons (Fsp3) is 0.360. The van der Waals surface area contributed by atoms with Crippen LogP contribution in [0.5, 0.6) is 23.0 Å². The molecule has 0 saturated carbocycles. The lowest BCUT2D eigenvalue weighted by Crippen LogP contribution is -2.36. The molecule has 10 nitrogen and oxygen atoms in total. The van der Waals surface area contributed by atoms with Crippen LogP contribution in [0.4, 0.5) is 24.7 Å². The Labute approximate surface area is 215 Å². The zero-order valence-corrected chi connectivity index (χ0v) is 20.6. The highest BCUT2D eigenvalue weighted by Crippen LogP contribution is 2.46. The van der Waals surface area contributed by atoms with E-state index < -0.39 is 30.3 Å². The fourth-order valence-corrected chi connectivity index (χ4v) is 4.62. The van der Waals surface area contributed by atoms with Gasteiger partial charge in [-0.3, -0.25) is 4.79 Å². The molecular formula is C25H25F3N4O6. The van der Waals surface area contributed by atoms with Crippen molar-refractivity contribution in [2.45, 2.75) is 37.7 Å². The lowest BCUT2D eigenvalue weighted by molar-refractivity contribution is -0.173. The molecule has 202 valence electrons. The van der Waals surface area contributed by atoms with Crippen LogP contribution in [0.2, 0.25) is 0 Å². The van der Waals surface area contributed by atoms with Crippen LogP contribution >= 0.6 is 0 Å². The van der Waals surface area contributed by atoms with E-state index in [-0.39, 0.29) is 30.3 Å². The second-order valence-corrected chi connectivity index (χ2v) is 8.88. The molecule has 2 aliphatic rings. The van der Waals surface area contributed by atoms with Crippen LogP contribution in [-0.2, 0) is 0 Å². The molecule has 3 atom stereocenters. The standard InChI is InChI=1S/C25H25F3N4O6/c1-12(33)14-7-20-21(38-11-37-20)8-17(14)31-24(34)15-10-29-32-22(25(26,27)28)9-16(30-23(15)32)13-4-5-18(35-2)19(6-13)36-3/h4-8,10,12,16,22,30,33H,9,11H2,1-3H3,(H,31,34). The smallest absolute Gasteiger partial charge is 0.410 e. The summed E-state index contributed by atoms with van der Waals surface area (Å²) >= 11 is 0. The van der Waals surface area contributed by atoms with Gasteiger partial charge in [-0.05, 0) is 30.7 Å². The SMILES string of the molecule is COc1ccc(C2CC(C(F)(F)F)n3ncc(C(=O)Nc4cc5c(cc4C(C)O)OCO5)c3N2)cc1OC. The summed E-state index contributed by atoms with van der Waals surface area (Å²) in [5, 5.41) is 19.8. The van der Waals surface area contributed by atoms with Crippen molar-refractivity contribution in [2.75, 3.05) is 31.6 Å². The lowest BCUT2D eigenvalue weighted by atomic mass is 9.96. The van der Waals surface area contributed by atoms with Gasteiger partial charge in [0.05, 0.1) is 38.2 Å². The lowest BCUT2D eigenvalue weighted by Gasteiger charge is -2.34. The minimum atomic E-state index is -4.62. The Kier molecular flexibility index (Phi) is 6.47. The number of benzene rings is 2. The summed E-state index contributed by atoms with van der Waals surface area (Å²) in [5.74, 6) is 0.770. The maximum atomic E-state index is 14.1. The van der Waals surface area contributed by atoms with E-state index in [0.717, 1.165) is 10.9 Å². The first-order chi connectivity index (χ1) is 18.1. The van der Waals surface area contributed by atoms with Gasteiger partial charge in [0.1, 0.15) is 11.4 Å². The van der Waals surface area contributed by atoms with Crippen LogP contribution in [-0.4, -0.2) is 48.0 Å². The Balaban J connectivity index is 1.50. The summed E-state index contributed by atoms with van der Waals surface area (Å²) in [6.07, 6.45) is -4.86. The number of carbonyl (C=O) groups is 1. The third-order valence-corrected chi connectivity index (χ3v) is 6.54. The van der Waals surface area contributed by atoms with E-state index in [1.165, 1.54) is 27.2 Å². The molecule has 0 radical (unpaired) electrons. The van der Waals surface area contributed by atoms with Gasteiger partial charge in [0, 0.05) is 18.1 Å². The van der Waals surface area contributed by atoms with Gasteiger partial charge in [-0.2, -0.15) is 18.3 Å². The van der Waals surface area contributed by atoms with Gasteiger partial charge < -0.3 is 34.7 Å². The minimum absolute atomic E-state index is 0.0107. The van der Waals surface area contributed by atoms with Crippen molar-refractivity contribution in [1.82, 2.24) is 9.78 Å². The van der Waals surface area contributed by atoms with E-state index in [0.29, 0.717) is 34.1 Å². The molecule has 0 bridgehead atoms. The Morgan fingerprint density at radius 1 is 1.18 bits per heavy atom. The van der Waals surface area contributed by atoms with Crippen molar-refractivity contribution in [3.63, 3.8) is 0 Å². The molecule has 38 heavy (non-hydrogen) atoms. The van der Waals surface area contributed by atoms with Crippen LogP contribution in [0.3, 0.4) is 0 Å². The number of rotatable bonds is 6. The summed E-state index contributed by atoms with van der Waals surface area (Å²) in [6, 6.07) is 5.09. The van der Waals surface area contributed by atoms with Crippen LogP contribution in [0.25, 0.3) is 0 Å². The number of halogens is 3. The van der Waals surface area contributed by atoms with Gasteiger partial charge >= 0.3 is 6.18 Å². The second-order valence-electron chi connectivity index (χ2n) is 8.88. The highest BCUT2D eigenvalue weighted by atomic mass is 19.4. The number of fused-ring (bicyclic) bond motifs is 2. The largest absolute Gasteiger partial charge is 0.493 e. The molecule has 5 rings (SSSR count). The minimum Gasteiger partial charge on any atom is -0.493 e. The Bertz CT molecular complexity index is 1370. The van der Waals surface area contributed by atoms with Gasteiger partial charge in [-0.25, -0.2) is 4.68 Å². The molecule has 2 aromatic carbocycles. The third-order valence-electron chi connectivity index (χ3n) is 6.54. The monoisotopic (exact) mass is 534 g/mol. The first-order valence-corrected chi connectivity index (χ1v) is 11.7. The second kappa shape index (κ2) is 9.63. The summed E-state index contributed by atoms with van der Waals surface area (Å²) in [5.41, 5.74) is 1.00. The van der Waals surface area contributed by atoms with Gasteiger partial charge in [0.2, 0.25) is 6.79 Å². The van der Waals surface area contributed by atoms with E-state index >= 15 is 0 Å². The number of nitrogens with zero attached hydrogens (tertiary/aromatic N) is 2. The molecule has 0 spiro atoms. The van der Waals surface area contributed by atoms with E-state index in [1.54, 1.807) is 24.3 Å². The molecule has 0 saturated heterocycles. The molecule has 3 N–H and O–H groups in total. The normalized spacial score (nSPS) is 18.8. The topological polar surface area (TPSA) is 116 Å². The maximum Gasteiger partial charge on any atom is 0.410 e. The number of aromatic nitrogens is 2. The predicted octanol–water partition coefficient (Wildman–Crippen LogP) is 4.59. The fourth-order valence-electron chi connectivity index (χ4n) is 4.62. The van der Waals surface area contributed by atoms with Crippen molar-refractivity contribution in [3.8, 4) is 23.0 Å². The molecule has 0 aliphatic carbocycles. The number of carbonyl (C=O) groups excluding carboxylic acids is 1. The van der Waals surface area contributed by atoms with Crippen LogP contribution < -0.4 is 29.6 Å². The highest BCUT2D eigenvalue weighted by Gasteiger charge is 2.47. The summed E-state index contributed by atoms with van der Waals surface area (Å²) in [4.78, 5) is 13.3. The maximum absolute atomic E-state index is 14.1. The predicted molar refractivity (Wildman–Crippen MR) is 129 cm³/mol. The third kappa shape index (κ3) is 4.53. The zero-order valence-electron chi connectivity index (χ0n) is 20.6. The summed E-state index contributed by atoms with van der Waals surface area (Å²) in [6.45, 7) is 1.50. The number of aliphatic hydroxyl groups excluding tert-OH is 1. The number of nitrogens with one attached hydrogen (secondary N) is 2. The molecule has 13 heteroatoms. The molecule has 3 heterocycles. The van der Waals surface area contributed by atoms with E-state index in [4.69, 9.17) is 18.9 Å². The molecular weight excluding hydrogens is 509 g/mol. The van der Waals surface area contributed by atoms with Gasteiger partial charge in [-0.15, -0.1) is 0 Å². The van der Waals surface area contributed by atoms with Crippen molar-refractivity contribution >= 4 is 17.4 Å². The Morgan fingerprint density at radius 2 is 1.89 bits per heavy atom. The Morgan fingerprint density at radius 3 is 2.55 bits per heavy atom. The summed E-state index contributed by atoms with van der Waals surface area (Å²) in [7, 11) is 2.90. The van der Waals surface area contributed by atoms with Crippen LogP contribution in [0.1, 0.15) is 53.0 Å². The molecule has 3 aromatic rings. The van der Waals surface area contributed by atoms with E-state index in [1.807, 2.05) is 0 Å². The first-order valence-electron chi connectivity index (χ1n) is 11.7. The van der Waals surface area contributed by atoms with Crippen molar-refractivity contribution in [2.24, 2.45) is 0 Å². The number of alkyl halides is 3. The number of methoxy groups -OCH3 is 2. The first kappa shape index (κ1) is 25.5. The van der Waals surface area contributed by atoms with E-state index in [2.05, 4.69) is 15.7 Å². The van der Waals surface area contributed by atoms with Crippen molar-refractivity contribution in [1.29, 1.82) is 0 Å². The van der Waals surface area contributed by atoms with Crippen LogP contribution in [0, 0.1) is 0 Å². The number of aliphatic hydroxyl groups is 1. The molecule has 0 fully saturated rings. The molecule has 2 aliphatic heterocycles. The van der Waals surface area contributed by atoms with Gasteiger partial charge in [0.25, 0.3) is 5.91 Å². The number of ether oxygens (including phenoxy) is 4. The quantitative estimate of drug-likeness (QED) is 0.421. The van der Waals surface area contributed by atoms with Gasteiger partial charge in [0.15, 0.2) is 29.0 Å². The number of hydrogen-bond acceptors (Lipinski definition) is 8. The summed E-state index contributed by atoms with van der Waals surface area (Å²) < 4.78 is 64.3. The Hall–Kier alpha value is -4.13. The van der Waals surface area contributed by atoms with Crippen molar-refractivity contribution < 1.29 is 42.0 Å². The average Bonchev–Trinajstić information content (AvgIpc) is 3.53. The highest BCUT2D eigenvalue weighted by molar-refractivity contribution is 6.08.